The van der Waals surface area contributed by atoms with Crippen molar-refractivity contribution >= 4 is 18.2 Å². The minimum atomic E-state index is -1.13. The molecule has 2 amide bonds. The summed E-state index contributed by atoms with van der Waals surface area (Å²) >= 11 is 0. The van der Waals surface area contributed by atoms with E-state index in [2.05, 4.69) is 5.32 Å². The van der Waals surface area contributed by atoms with Crippen LogP contribution >= 0.6 is 0 Å². The molecule has 1 fully saturated rings. The number of nitrogens with one attached hydrogen (secondary N) is 1. The Bertz CT molecular complexity index is 492. The lowest BCUT2D eigenvalue weighted by Crippen LogP contribution is -2.56. The highest BCUT2D eigenvalue weighted by Gasteiger charge is 2.39. The third kappa shape index (κ3) is 6.64. The summed E-state index contributed by atoms with van der Waals surface area (Å²) in [5, 5.41) is 12.1. The maximum atomic E-state index is 12.2. The smallest absolute Gasteiger partial charge is 0.411 e. The van der Waals surface area contributed by atoms with E-state index >= 15 is 0 Å². The molecule has 0 aromatic heterocycles. The average Bonchev–Trinajstić information content (AvgIpc) is 2.33. The Balaban J connectivity index is 2.70. The van der Waals surface area contributed by atoms with Crippen LogP contribution in [0.5, 0.6) is 0 Å². The molecule has 1 rings (SSSR count). The summed E-state index contributed by atoms with van der Waals surface area (Å²) in [4.78, 5) is 36.7. The lowest BCUT2D eigenvalue weighted by molar-refractivity contribution is -0.144. The quantitative estimate of drug-likeness (QED) is 0.797. The number of carboxylic acids is 1. The number of carboxylic acid groups (broad SMARTS) is 1. The molecule has 1 heterocycles. The number of hydrogen-bond donors (Lipinski definition) is 2. The van der Waals surface area contributed by atoms with Crippen LogP contribution in [0.25, 0.3) is 0 Å². The van der Waals surface area contributed by atoms with Gasteiger partial charge in [-0.2, -0.15) is 0 Å². The van der Waals surface area contributed by atoms with E-state index in [1.165, 1.54) is 4.90 Å². The SMILES string of the molecule is CC(C)(C)OC(=O)N[C@H]1CCN(C(=O)OC(C)(C)C)[C@@H](C(=O)O)C1. The second-order valence-corrected chi connectivity index (χ2v) is 7.90. The summed E-state index contributed by atoms with van der Waals surface area (Å²) in [6, 6.07) is -1.42. The van der Waals surface area contributed by atoms with Gasteiger partial charge in [0.25, 0.3) is 0 Å². The maximum absolute atomic E-state index is 12.2. The predicted molar refractivity (Wildman–Crippen MR) is 86.8 cm³/mol. The van der Waals surface area contributed by atoms with E-state index in [0.717, 1.165) is 0 Å². The second kappa shape index (κ2) is 7.27. The van der Waals surface area contributed by atoms with Gasteiger partial charge in [0.15, 0.2) is 0 Å². The molecule has 0 aliphatic carbocycles. The largest absolute Gasteiger partial charge is 0.480 e. The van der Waals surface area contributed by atoms with Gasteiger partial charge in [-0.3, -0.25) is 4.90 Å². The monoisotopic (exact) mass is 344 g/mol. The molecule has 138 valence electrons. The molecule has 0 aromatic rings. The Morgan fingerprint density at radius 3 is 2.04 bits per heavy atom. The van der Waals surface area contributed by atoms with Crippen molar-refractivity contribution in [2.24, 2.45) is 0 Å². The first-order valence-electron chi connectivity index (χ1n) is 8.00. The molecule has 0 unspecified atom stereocenters. The van der Waals surface area contributed by atoms with Gasteiger partial charge in [0.1, 0.15) is 17.2 Å². The van der Waals surface area contributed by atoms with Gasteiger partial charge in [-0.15, -0.1) is 0 Å². The summed E-state index contributed by atoms with van der Waals surface area (Å²) in [7, 11) is 0. The van der Waals surface area contributed by atoms with E-state index in [1.54, 1.807) is 41.5 Å². The van der Waals surface area contributed by atoms with Gasteiger partial charge >= 0.3 is 18.2 Å². The van der Waals surface area contributed by atoms with Crippen molar-refractivity contribution < 1.29 is 29.0 Å². The van der Waals surface area contributed by atoms with Crippen molar-refractivity contribution in [3.63, 3.8) is 0 Å². The molecule has 2 N–H and O–H groups in total. The summed E-state index contributed by atoms with van der Waals surface area (Å²) in [6.07, 6.45) is -0.719. The molecule has 2 atom stereocenters. The molecule has 8 nitrogen and oxygen atoms in total. The second-order valence-electron chi connectivity index (χ2n) is 7.90. The fourth-order valence-electron chi connectivity index (χ4n) is 2.34. The van der Waals surface area contributed by atoms with Gasteiger partial charge in [-0.05, 0) is 54.4 Å². The van der Waals surface area contributed by atoms with Crippen LogP contribution in [-0.2, 0) is 14.3 Å². The normalized spacial score (nSPS) is 21.8. The molecule has 8 heteroatoms. The lowest BCUT2D eigenvalue weighted by Gasteiger charge is -2.38. The molecule has 0 radical (unpaired) electrons. The van der Waals surface area contributed by atoms with Crippen molar-refractivity contribution in [1.82, 2.24) is 10.2 Å². The highest BCUT2D eigenvalue weighted by Crippen LogP contribution is 2.21. The third-order valence-electron chi connectivity index (χ3n) is 3.24. The first kappa shape index (κ1) is 20.1. The zero-order chi connectivity index (χ0) is 18.7. The minimum absolute atomic E-state index is 0.105. The summed E-state index contributed by atoms with van der Waals surface area (Å²) < 4.78 is 10.4. The van der Waals surface area contributed by atoms with E-state index in [4.69, 9.17) is 9.47 Å². The van der Waals surface area contributed by atoms with E-state index in [1.807, 2.05) is 0 Å². The minimum Gasteiger partial charge on any atom is -0.480 e. The zero-order valence-corrected chi connectivity index (χ0v) is 15.2. The van der Waals surface area contributed by atoms with Crippen molar-refractivity contribution in [2.75, 3.05) is 6.54 Å². The van der Waals surface area contributed by atoms with Crippen molar-refractivity contribution in [1.29, 1.82) is 0 Å². The Morgan fingerprint density at radius 1 is 1.04 bits per heavy atom. The van der Waals surface area contributed by atoms with Crippen molar-refractivity contribution in [3.8, 4) is 0 Å². The van der Waals surface area contributed by atoms with Gasteiger partial charge in [0, 0.05) is 12.6 Å². The number of ether oxygens (including phenoxy) is 2. The number of carbonyl (C=O) groups excluding carboxylic acids is 2. The first-order valence-corrected chi connectivity index (χ1v) is 8.00. The summed E-state index contributed by atoms with van der Waals surface area (Å²) in [6.45, 7) is 10.6. The van der Waals surface area contributed by atoms with Crippen LogP contribution in [0.15, 0.2) is 0 Å². The summed E-state index contributed by atoms with van der Waals surface area (Å²) in [5.41, 5.74) is -1.33. The van der Waals surface area contributed by atoms with Crippen LogP contribution in [0.1, 0.15) is 54.4 Å². The molecule has 0 spiro atoms. The Morgan fingerprint density at radius 2 is 1.58 bits per heavy atom. The number of alkyl carbamates (subject to hydrolysis) is 1. The fraction of sp³-hybridized carbons (Fsp3) is 0.812. The molecule has 1 saturated heterocycles. The number of carbonyl (C=O) groups is 3. The van der Waals surface area contributed by atoms with E-state index < -0.39 is 35.4 Å². The molecule has 0 bridgehead atoms. The standard InChI is InChI=1S/C16H28N2O6/c1-15(2,3)23-13(21)17-10-7-8-18(11(9-10)12(19)20)14(22)24-16(4,5)6/h10-11H,7-9H2,1-6H3,(H,17,21)(H,19,20)/t10-,11+/m0/s1. The number of likely N-dealkylation sites (tertiary alicyclic amines) is 1. The number of nitrogens with zero attached hydrogens (tertiary/aromatic N) is 1. The topological polar surface area (TPSA) is 105 Å². The van der Waals surface area contributed by atoms with Gasteiger partial charge in [-0.1, -0.05) is 0 Å². The molecule has 1 aliphatic rings. The zero-order valence-electron chi connectivity index (χ0n) is 15.2. The van der Waals surface area contributed by atoms with E-state index in [0.29, 0.717) is 6.42 Å². The fourth-order valence-corrected chi connectivity index (χ4v) is 2.34. The number of piperidine rings is 1. The van der Waals surface area contributed by atoms with Crippen LogP contribution in [0, 0.1) is 0 Å². The molecule has 1 aliphatic heterocycles. The Kier molecular flexibility index (Phi) is 6.08. The van der Waals surface area contributed by atoms with E-state index in [9.17, 15) is 19.5 Å². The van der Waals surface area contributed by atoms with Gasteiger partial charge in [0.2, 0.25) is 0 Å². The number of rotatable bonds is 2. The highest BCUT2D eigenvalue weighted by atomic mass is 16.6. The van der Waals surface area contributed by atoms with Crippen LogP contribution in [0.3, 0.4) is 0 Å². The summed E-state index contributed by atoms with van der Waals surface area (Å²) in [5.74, 6) is -1.13. The van der Waals surface area contributed by atoms with Crippen molar-refractivity contribution in [3.05, 3.63) is 0 Å². The van der Waals surface area contributed by atoms with Gasteiger partial charge in [0.05, 0.1) is 0 Å². The Labute approximate surface area is 142 Å². The van der Waals surface area contributed by atoms with Crippen LogP contribution < -0.4 is 5.32 Å². The average molecular weight is 344 g/mol. The molecule has 24 heavy (non-hydrogen) atoms. The van der Waals surface area contributed by atoms with Crippen LogP contribution in [0.4, 0.5) is 9.59 Å². The van der Waals surface area contributed by atoms with Gasteiger partial charge < -0.3 is 19.9 Å². The van der Waals surface area contributed by atoms with Gasteiger partial charge in [-0.25, -0.2) is 14.4 Å². The molecule has 0 saturated carbocycles. The lowest BCUT2D eigenvalue weighted by atomic mass is 9.97. The highest BCUT2D eigenvalue weighted by molar-refractivity contribution is 5.80. The first-order chi connectivity index (χ1) is 10.8. The van der Waals surface area contributed by atoms with Crippen LogP contribution in [0.2, 0.25) is 0 Å². The number of aliphatic carboxylic acids is 1. The maximum Gasteiger partial charge on any atom is 0.411 e. The number of amides is 2. The van der Waals surface area contributed by atoms with Crippen LogP contribution in [-0.4, -0.2) is 58.0 Å². The molecule has 0 aromatic carbocycles. The van der Waals surface area contributed by atoms with Crippen molar-refractivity contribution in [2.45, 2.75) is 77.7 Å². The van der Waals surface area contributed by atoms with E-state index in [-0.39, 0.29) is 19.0 Å². The predicted octanol–water partition coefficient (Wildman–Crippen LogP) is 2.36. The third-order valence-corrected chi connectivity index (χ3v) is 3.24. The molecular formula is C16H28N2O6. The number of hydrogen-bond acceptors (Lipinski definition) is 5. The molecular weight excluding hydrogens is 316 g/mol. The Hall–Kier alpha value is -1.99.